The SMILES string of the molecule is [B]C[C@@H](COC)OC[P+](=O)O[B]. The second kappa shape index (κ2) is 7.74. The summed E-state index contributed by atoms with van der Waals surface area (Å²) in [5.74, 6) is 0. The zero-order chi connectivity index (χ0) is 9.40. The van der Waals surface area contributed by atoms with Gasteiger partial charge < -0.3 is 9.47 Å². The summed E-state index contributed by atoms with van der Waals surface area (Å²) in [6.07, 6.45) is -0.0114. The molecule has 0 aliphatic rings. The van der Waals surface area contributed by atoms with Crippen molar-refractivity contribution in [2.24, 2.45) is 0 Å². The summed E-state index contributed by atoms with van der Waals surface area (Å²) in [6, 6.07) is 0. The van der Waals surface area contributed by atoms with E-state index in [2.05, 4.69) is 12.5 Å². The van der Waals surface area contributed by atoms with Crippen molar-refractivity contribution in [3.8, 4) is 0 Å². The van der Waals surface area contributed by atoms with E-state index in [1.807, 2.05) is 0 Å². The number of hydrogen-bond donors (Lipinski definition) is 0. The molecule has 2 atom stereocenters. The van der Waals surface area contributed by atoms with Crippen molar-refractivity contribution in [2.45, 2.75) is 12.4 Å². The topological polar surface area (TPSA) is 44.8 Å². The fourth-order valence-corrected chi connectivity index (χ4v) is 0.960. The quantitative estimate of drug-likeness (QED) is 0.427. The Labute approximate surface area is 75.7 Å². The Kier molecular flexibility index (Phi) is 7.81. The van der Waals surface area contributed by atoms with Gasteiger partial charge in [0.1, 0.15) is 0 Å². The molecule has 0 aromatic rings. The molecule has 0 aromatic heterocycles. The van der Waals surface area contributed by atoms with Crippen LogP contribution in [0.2, 0.25) is 6.32 Å². The van der Waals surface area contributed by atoms with E-state index in [0.29, 0.717) is 12.9 Å². The highest BCUT2D eigenvalue weighted by molar-refractivity contribution is 7.39. The van der Waals surface area contributed by atoms with Crippen molar-refractivity contribution in [3.63, 3.8) is 0 Å². The van der Waals surface area contributed by atoms with Gasteiger partial charge >= 0.3 is 16.1 Å². The van der Waals surface area contributed by atoms with Crippen LogP contribution in [0.15, 0.2) is 0 Å². The van der Waals surface area contributed by atoms with E-state index in [1.165, 1.54) is 7.11 Å². The third-order valence-corrected chi connectivity index (χ3v) is 1.74. The Hall–Kier alpha value is 0.110. The first-order valence-corrected chi connectivity index (χ1v) is 4.73. The molecule has 1 unspecified atom stereocenters. The van der Waals surface area contributed by atoms with Gasteiger partial charge in [0, 0.05) is 7.11 Å². The lowest BCUT2D eigenvalue weighted by molar-refractivity contribution is 0.0295. The van der Waals surface area contributed by atoms with Crippen molar-refractivity contribution in [3.05, 3.63) is 0 Å². The lowest BCUT2D eigenvalue weighted by Crippen LogP contribution is -2.18. The highest BCUT2D eigenvalue weighted by Gasteiger charge is 2.17. The zero-order valence-electron chi connectivity index (χ0n) is 6.93. The first-order chi connectivity index (χ1) is 5.74. The van der Waals surface area contributed by atoms with Crippen LogP contribution in [-0.4, -0.2) is 42.1 Å². The normalized spacial score (nSPS) is 14.2. The first kappa shape index (κ1) is 12.1. The van der Waals surface area contributed by atoms with Crippen LogP contribution in [-0.2, 0) is 18.5 Å². The van der Waals surface area contributed by atoms with Crippen molar-refractivity contribution in [2.75, 3.05) is 20.1 Å². The van der Waals surface area contributed by atoms with E-state index in [4.69, 9.17) is 17.3 Å². The summed E-state index contributed by atoms with van der Waals surface area (Å²) in [5, 5.41) is 0. The van der Waals surface area contributed by atoms with Gasteiger partial charge in [0.15, 0.2) is 0 Å². The molecule has 0 aliphatic carbocycles. The van der Waals surface area contributed by atoms with E-state index >= 15 is 0 Å². The van der Waals surface area contributed by atoms with Crippen LogP contribution in [0.3, 0.4) is 0 Å². The molecule has 0 saturated carbocycles. The smallest absolute Gasteiger partial charge is 0.382 e. The highest BCUT2D eigenvalue weighted by atomic mass is 31.1. The largest absolute Gasteiger partial charge is 0.519 e. The lowest BCUT2D eigenvalue weighted by Gasteiger charge is -2.10. The third-order valence-electron chi connectivity index (χ3n) is 1.15. The minimum atomic E-state index is -1.93. The van der Waals surface area contributed by atoms with Crippen LogP contribution < -0.4 is 0 Å². The minimum Gasteiger partial charge on any atom is -0.382 e. The summed E-state index contributed by atoms with van der Waals surface area (Å²) < 4.78 is 24.5. The van der Waals surface area contributed by atoms with E-state index in [-0.39, 0.29) is 12.5 Å². The number of ether oxygens (including phenoxy) is 2. The van der Waals surface area contributed by atoms with Gasteiger partial charge in [-0.3, -0.25) is 0 Å². The fraction of sp³-hybridized carbons (Fsp3) is 1.00. The van der Waals surface area contributed by atoms with Gasteiger partial charge in [-0.15, -0.1) is 0 Å². The van der Waals surface area contributed by atoms with Gasteiger partial charge in [-0.1, -0.05) is 6.32 Å². The molecule has 0 bridgehead atoms. The molecule has 0 heterocycles. The molecule has 0 amide bonds. The molecule has 0 aliphatic heterocycles. The van der Waals surface area contributed by atoms with E-state index in [9.17, 15) is 4.57 Å². The number of methoxy groups -OCH3 is 1. The Morgan fingerprint density at radius 2 is 2.25 bits per heavy atom. The average Bonchev–Trinajstić information content (AvgIpc) is 2.11. The van der Waals surface area contributed by atoms with E-state index < -0.39 is 8.03 Å². The summed E-state index contributed by atoms with van der Waals surface area (Å²) in [4.78, 5) is 0. The van der Waals surface area contributed by atoms with Crippen molar-refractivity contribution in [1.82, 2.24) is 0 Å². The molecule has 4 radical (unpaired) electrons. The van der Waals surface area contributed by atoms with Gasteiger partial charge in [-0.25, -0.2) is 4.44 Å². The number of hydrogen-bond acceptors (Lipinski definition) is 4. The van der Waals surface area contributed by atoms with Crippen LogP contribution in [0, 0.1) is 0 Å². The Balaban J connectivity index is 3.50. The first-order valence-electron chi connectivity index (χ1n) is 3.36. The Morgan fingerprint density at radius 3 is 2.67 bits per heavy atom. The van der Waals surface area contributed by atoms with E-state index in [0.717, 1.165) is 0 Å². The molecule has 0 N–H and O–H groups in total. The molecule has 0 rings (SSSR count). The summed E-state index contributed by atoms with van der Waals surface area (Å²) >= 11 is 0. The van der Waals surface area contributed by atoms with Crippen molar-refractivity contribution < 1.29 is 18.5 Å². The van der Waals surface area contributed by atoms with Gasteiger partial charge in [0.25, 0.3) is 6.35 Å². The second-order valence-electron chi connectivity index (χ2n) is 2.05. The molecule has 12 heavy (non-hydrogen) atoms. The molecule has 7 heteroatoms. The summed E-state index contributed by atoms with van der Waals surface area (Å²) in [6.45, 7) is 0.365. The maximum absolute atomic E-state index is 10.6. The predicted molar refractivity (Wildman–Crippen MR) is 46.6 cm³/mol. The minimum absolute atomic E-state index is 0.0585. The fourth-order valence-electron chi connectivity index (χ4n) is 0.567. The third kappa shape index (κ3) is 5.72. The maximum Gasteiger partial charge on any atom is 0.519 e. The predicted octanol–water partition coefficient (Wildman–Crippen LogP) is 0.405. The Morgan fingerprint density at radius 1 is 1.58 bits per heavy atom. The van der Waals surface area contributed by atoms with Crippen LogP contribution in [0.5, 0.6) is 0 Å². The second-order valence-corrected chi connectivity index (χ2v) is 3.18. The molecule has 0 saturated heterocycles. The van der Waals surface area contributed by atoms with Crippen LogP contribution >= 0.6 is 8.03 Å². The summed E-state index contributed by atoms with van der Waals surface area (Å²) in [5.41, 5.74) is 0. The Bertz CT molecular complexity index is 135. The standard InChI is InChI=1S/C5H10B2O4P/c1-9-3-5(2-6)10-4-12(8)11-7/h5H,2-4H2,1H3/q+1/t5-/m0/s1. The van der Waals surface area contributed by atoms with Crippen molar-refractivity contribution >= 4 is 23.9 Å². The van der Waals surface area contributed by atoms with Gasteiger partial charge in [-0.2, -0.15) is 0 Å². The monoisotopic (exact) mass is 187 g/mol. The van der Waals surface area contributed by atoms with Gasteiger partial charge in [-0.05, 0) is 4.57 Å². The molecule has 64 valence electrons. The van der Waals surface area contributed by atoms with Crippen LogP contribution in [0.1, 0.15) is 0 Å². The molecule has 0 aromatic carbocycles. The van der Waals surface area contributed by atoms with Crippen LogP contribution in [0.25, 0.3) is 0 Å². The average molecular weight is 187 g/mol. The lowest BCUT2D eigenvalue weighted by atomic mass is 10.0. The molecule has 0 fully saturated rings. The van der Waals surface area contributed by atoms with Gasteiger partial charge in [0.05, 0.1) is 20.6 Å². The zero-order valence-corrected chi connectivity index (χ0v) is 7.83. The highest BCUT2D eigenvalue weighted by Crippen LogP contribution is 2.20. The number of rotatable bonds is 7. The van der Waals surface area contributed by atoms with Crippen LogP contribution in [0.4, 0.5) is 0 Å². The van der Waals surface area contributed by atoms with Crippen molar-refractivity contribution in [1.29, 1.82) is 0 Å². The van der Waals surface area contributed by atoms with Gasteiger partial charge in [0.2, 0.25) is 0 Å². The molecule has 4 nitrogen and oxygen atoms in total. The summed E-state index contributed by atoms with van der Waals surface area (Å²) in [7, 11) is 9.56. The maximum atomic E-state index is 10.6. The molecular weight excluding hydrogens is 177 g/mol. The van der Waals surface area contributed by atoms with E-state index in [1.54, 1.807) is 0 Å². The molecule has 0 spiro atoms. The molecular formula is C5H10B2O4P+.